The monoisotopic (exact) mass is 262 g/mol. The SMILES string of the molecule is COc1ccccc1CCN(C)CC1CCCCN1. The van der Waals surface area contributed by atoms with Crippen LogP contribution in [0.5, 0.6) is 5.75 Å². The third kappa shape index (κ3) is 4.51. The summed E-state index contributed by atoms with van der Waals surface area (Å²) >= 11 is 0. The van der Waals surface area contributed by atoms with Crippen molar-refractivity contribution >= 4 is 0 Å². The molecule has 2 rings (SSSR count). The molecule has 0 aliphatic carbocycles. The second-order valence-corrected chi connectivity index (χ2v) is 5.47. The lowest BCUT2D eigenvalue weighted by Gasteiger charge is -2.28. The molecule has 1 heterocycles. The first kappa shape index (κ1) is 14.4. The highest BCUT2D eigenvalue weighted by Crippen LogP contribution is 2.18. The second kappa shape index (κ2) is 7.51. The molecule has 0 spiro atoms. The molecule has 106 valence electrons. The highest BCUT2D eigenvalue weighted by atomic mass is 16.5. The van der Waals surface area contributed by atoms with Crippen LogP contribution in [0.1, 0.15) is 24.8 Å². The Kier molecular flexibility index (Phi) is 5.67. The van der Waals surface area contributed by atoms with Crippen LogP contribution in [0, 0.1) is 0 Å². The molecule has 1 aromatic rings. The fourth-order valence-electron chi connectivity index (χ4n) is 2.77. The van der Waals surface area contributed by atoms with E-state index >= 15 is 0 Å². The van der Waals surface area contributed by atoms with Crippen molar-refractivity contribution in [1.82, 2.24) is 10.2 Å². The molecule has 1 aromatic carbocycles. The number of benzene rings is 1. The van der Waals surface area contributed by atoms with Crippen LogP contribution in [-0.2, 0) is 6.42 Å². The van der Waals surface area contributed by atoms with Crippen molar-refractivity contribution in [2.24, 2.45) is 0 Å². The average Bonchev–Trinajstić information content (AvgIpc) is 2.46. The minimum Gasteiger partial charge on any atom is -0.496 e. The van der Waals surface area contributed by atoms with Gasteiger partial charge in [0.15, 0.2) is 0 Å². The van der Waals surface area contributed by atoms with Crippen molar-refractivity contribution < 1.29 is 4.74 Å². The topological polar surface area (TPSA) is 24.5 Å². The van der Waals surface area contributed by atoms with Crippen LogP contribution in [0.15, 0.2) is 24.3 Å². The fraction of sp³-hybridized carbons (Fsp3) is 0.625. The third-order valence-electron chi connectivity index (χ3n) is 3.90. The number of methoxy groups -OCH3 is 1. The number of para-hydroxylation sites is 1. The quantitative estimate of drug-likeness (QED) is 0.851. The molecule has 0 saturated carbocycles. The van der Waals surface area contributed by atoms with Gasteiger partial charge in [0.25, 0.3) is 0 Å². The molecule has 19 heavy (non-hydrogen) atoms. The Labute approximate surface area is 116 Å². The molecule has 0 bridgehead atoms. The van der Waals surface area contributed by atoms with E-state index in [-0.39, 0.29) is 0 Å². The molecule has 1 saturated heterocycles. The van der Waals surface area contributed by atoms with E-state index in [4.69, 9.17) is 4.74 Å². The number of hydrogen-bond donors (Lipinski definition) is 1. The Morgan fingerprint density at radius 2 is 2.16 bits per heavy atom. The maximum Gasteiger partial charge on any atom is 0.122 e. The molecule has 3 heteroatoms. The van der Waals surface area contributed by atoms with E-state index in [1.54, 1.807) is 7.11 Å². The number of nitrogens with zero attached hydrogens (tertiary/aromatic N) is 1. The molecule has 1 unspecified atom stereocenters. The summed E-state index contributed by atoms with van der Waals surface area (Å²) in [6.07, 6.45) is 5.08. The molecule has 1 aliphatic rings. The summed E-state index contributed by atoms with van der Waals surface area (Å²) in [5.41, 5.74) is 1.30. The van der Waals surface area contributed by atoms with Crippen molar-refractivity contribution in [3.05, 3.63) is 29.8 Å². The highest BCUT2D eigenvalue weighted by molar-refractivity contribution is 5.33. The Hall–Kier alpha value is -1.06. The summed E-state index contributed by atoms with van der Waals surface area (Å²) in [5, 5.41) is 3.60. The smallest absolute Gasteiger partial charge is 0.122 e. The lowest BCUT2D eigenvalue weighted by molar-refractivity contribution is 0.264. The molecular formula is C16H26N2O. The predicted molar refractivity (Wildman–Crippen MR) is 79.8 cm³/mol. The van der Waals surface area contributed by atoms with E-state index in [0.717, 1.165) is 25.3 Å². The van der Waals surface area contributed by atoms with Gasteiger partial charge >= 0.3 is 0 Å². The molecule has 1 aliphatic heterocycles. The van der Waals surface area contributed by atoms with Gasteiger partial charge in [0, 0.05) is 19.1 Å². The van der Waals surface area contributed by atoms with E-state index in [1.165, 1.54) is 31.4 Å². The summed E-state index contributed by atoms with van der Waals surface area (Å²) in [5.74, 6) is 1.01. The Bertz CT molecular complexity index is 375. The van der Waals surface area contributed by atoms with Gasteiger partial charge in [-0.05, 0) is 44.5 Å². The van der Waals surface area contributed by atoms with Gasteiger partial charge in [-0.15, -0.1) is 0 Å². The molecule has 1 atom stereocenters. The van der Waals surface area contributed by atoms with Gasteiger partial charge in [0.05, 0.1) is 7.11 Å². The standard InChI is InChI=1S/C16H26N2O/c1-18(13-15-8-5-6-11-17-15)12-10-14-7-3-4-9-16(14)19-2/h3-4,7,9,15,17H,5-6,8,10-13H2,1-2H3. The average molecular weight is 262 g/mol. The molecular weight excluding hydrogens is 236 g/mol. The lowest BCUT2D eigenvalue weighted by atomic mass is 10.0. The minimum atomic E-state index is 0.677. The van der Waals surface area contributed by atoms with E-state index in [0.29, 0.717) is 6.04 Å². The van der Waals surface area contributed by atoms with Gasteiger partial charge in [0.1, 0.15) is 5.75 Å². The second-order valence-electron chi connectivity index (χ2n) is 5.47. The van der Waals surface area contributed by atoms with E-state index in [2.05, 4.69) is 29.4 Å². The van der Waals surface area contributed by atoms with Crippen molar-refractivity contribution in [2.75, 3.05) is 33.8 Å². The van der Waals surface area contributed by atoms with Crippen LogP contribution in [0.3, 0.4) is 0 Å². The molecule has 0 amide bonds. The number of likely N-dealkylation sites (N-methyl/N-ethyl adjacent to an activating group) is 1. The number of nitrogens with one attached hydrogen (secondary N) is 1. The van der Waals surface area contributed by atoms with Gasteiger partial charge in [-0.2, -0.15) is 0 Å². The van der Waals surface area contributed by atoms with Crippen molar-refractivity contribution in [2.45, 2.75) is 31.7 Å². The summed E-state index contributed by atoms with van der Waals surface area (Å²) in [4.78, 5) is 2.43. The summed E-state index contributed by atoms with van der Waals surface area (Å²) in [6, 6.07) is 8.98. The zero-order valence-corrected chi connectivity index (χ0v) is 12.2. The summed E-state index contributed by atoms with van der Waals surface area (Å²) in [7, 11) is 3.96. The third-order valence-corrected chi connectivity index (χ3v) is 3.90. The van der Waals surface area contributed by atoms with Gasteiger partial charge in [-0.3, -0.25) is 0 Å². The van der Waals surface area contributed by atoms with Crippen LogP contribution in [0.25, 0.3) is 0 Å². The number of ether oxygens (including phenoxy) is 1. The van der Waals surface area contributed by atoms with E-state index in [1.807, 2.05) is 12.1 Å². The van der Waals surface area contributed by atoms with Gasteiger partial charge in [-0.1, -0.05) is 24.6 Å². The van der Waals surface area contributed by atoms with Crippen LogP contribution in [0.4, 0.5) is 0 Å². The zero-order valence-electron chi connectivity index (χ0n) is 12.2. The van der Waals surface area contributed by atoms with Gasteiger partial charge in [0.2, 0.25) is 0 Å². The minimum absolute atomic E-state index is 0.677. The van der Waals surface area contributed by atoms with Gasteiger partial charge in [-0.25, -0.2) is 0 Å². The van der Waals surface area contributed by atoms with Crippen LogP contribution < -0.4 is 10.1 Å². The Morgan fingerprint density at radius 1 is 1.32 bits per heavy atom. The predicted octanol–water partition coefficient (Wildman–Crippen LogP) is 2.31. The zero-order chi connectivity index (χ0) is 13.5. The number of piperidine rings is 1. The normalized spacial score (nSPS) is 19.6. The number of rotatable bonds is 6. The van der Waals surface area contributed by atoms with Crippen molar-refractivity contribution in [1.29, 1.82) is 0 Å². The molecule has 3 nitrogen and oxygen atoms in total. The first-order valence-corrected chi connectivity index (χ1v) is 7.33. The van der Waals surface area contributed by atoms with E-state index in [9.17, 15) is 0 Å². The van der Waals surface area contributed by atoms with Crippen LogP contribution in [0.2, 0.25) is 0 Å². The van der Waals surface area contributed by atoms with Crippen LogP contribution in [-0.4, -0.2) is 44.7 Å². The Balaban J connectivity index is 1.77. The molecule has 0 radical (unpaired) electrons. The maximum absolute atomic E-state index is 5.40. The van der Waals surface area contributed by atoms with Crippen molar-refractivity contribution in [3.63, 3.8) is 0 Å². The molecule has 1 N–H and O–H groups in total. The lowest BCUT2D eigenvalue weighted by Crippen LogP contribution is -2.42. The molecule has 1 fully saturated rings. The highest BCUT2D eigenvalue weighted by Gasteiger charge is 2.14. The van der Waals surface area contributed by atoms with Crippen LogP contribution >= 0.6 is 0 Å². The number of hydrogen-bond acceptors (Lipinski definition) is 3. The largest absolute Gasteiger partial charge is 0.496 e. The summed E-state index contributed by atoms with van der Waals surface area (Å²) < 4.78 is 5.40. The fourth-order valence-corrected chi connectivity index (χ4v) is 2.77. The summed E-state index contributed by atoms with van der Waals surface area (Å²) in [6.45, 7) is 3.42. The van der Waals surface area contributed by atoms with E-state index < -0.39 is 0 Å². The van der Waals surface area contributed by atoms with Crippen molar-refractivity contribution in [3.8, 4) is 5.75 Å². The molecule has 0 aromatic heterocycles. The first-order valence-electron chi connectivity index (χ1n) is 7.33. The van der Waals surface area contributed by atoms with Gasteiger partial charge < -0.3 is 15.0 Å². The maximum atomic E-state index is 5.40. The Morgan fingerprint density at radius 3 is 2.89 bits per heavy atom. The first-order chi connectivity index (χ1) is 9.29.